The minimum atomic E-state index is -1.32. The van der Waals surface area contributed by atoms with Crippen LogP contribution in [0.2, 0.25) is 0 Å². The molecule has 0 bridgehead atoms. The monoisotopic (exact) mass is 315 g/mol. The summed E-state index contributed by atoms with van der Waals surface area (Å²) < 4.78 is 6.58. The molecule has 21 heavy (non-hydrogen) atoms. The first-order chi connectivity index (χ1) is 10.0. The molecule has 2 aromatic rings. The quantitative estimate of drug-likeness (QED) is 0.402. The summed E-state index contributed by atoms with van der Waals surface area (Å²) in [7, 11) is 0. The Morgan fingerprint density at radius 3 is 2.90 bits per heavy atom. The van der Waals surface area contributed by atoms with Gasteiger partial charge >= 0.3 is 0 Å². The Morgan fingerprint density at radius 2 is 2.24 bits per heavy atom. The van der Waals surface area contributed by atoms with E-state index >= 15 is 0 Å². The van der Waals surface area contributed by atoms with Crippen molar-refractivity contribution in [1.82, 2.24) is 19.7 Å². The van der Waals surface area contributed by atoms with Crippen molar-refractivity contribution >= 4 is 29.3 Å². The number of H-pyrrole nitrogens is 1. The number of hydrogen-bond acceptors (Lipinski definition) is 9. The van der Waals surface area contributed by atoms with Crippen molar-refractivity contribution in [2.24, 2.45) is 0 Å². The number of ether oxygens (including phenoxy) is 1. The number of rotatable bonds is 3. The summed E-state index contributed by atoms with van der Waals surface area (Å²) in [5.74, 6) is 0.0824. The van der Waals surface area contributed by atoms with E-state index in [0.29, 0.717) is 11.2 Å². The van der Waals surface area contributed by atoms with Crippen molar-refractivity contribution in [3.05, 3.63) is 11.0 Å². The molecule has 10 nitrogen and oxygen atoms in total. The predicted molar refractivity (Wildman–Crippen MR) is 71.5 cm³/mol. The third-order valence-electron chi connectivity index (χ3n) is 3.12. The van der Waals surface area contributed by atoms with Crippen LogP contribution < -0.4 is 10.6 Å². The molecule has 0 amide bonds. The number of nitrogens with zero attached hydrogens (tertiary/aromatic N) is 3. The number of nitrogens with two attached hydrogens (primary N) is 1. The highest BCUT2D eigenvalue weighted by atomic mass is 32.1. The van der Waals surface area contributed by atoms with Gasteiger partial charge in [0.1, 0.15) is 30.2 Å². The van der Waals surface area contributed by atoms with Gasteiger partial charge in [-0.3, -0.25) is 0 Å². The first-order valence-corrected chi connectivity index (χ1v) is 6.44. The predicted octanol–water partition coefficient (Wildman–Crippen LogP) is -2.06. The smallest absolute Gasteiger partial charge is 0.254 e. The van der Waals surface area contributed by atoms with Gasteiger partial charge in [-0.15, -0.1) is 0 Å². The van der Waals surface area contributed by atoms with Crippen molar-refractivity contribution in [2.45, 2.75) is 24.6 Å². The number of aliphatic hydroxyl groups excluding tert-OH is 3. The molecule has 1 fully saturated rings. The minimum Gasteiger partial charge on any atom is -0.394 e. The zero-order chi connectivity index (χ0) is 15.1. The third-order valence-corrected chi connectivity index (χ3v) is 3.41. The lowest BCUT2D eigenvalue weighted by Crippen LogP contribution is -2.38. The fourth-order valence-electron chi connectivity index (χ4n) is 2.06. The molecule has 2 aromatic heterocycles. The van der Waals surface area contributed by atoms with Gasteiger partial charge in [0, 0.05) is 0 Å². The number of nitrogens with one attached hydrogen (secondary N) is 1. The Morgan fingerprint density at radius 1 is 1.48 bits per heavy atom. The van der Waals surface area contributed by atoms with E-state index in [1.807, 2.05) is 0 Å². The molecule has 1 saturated heterocycles. The highest BCUT2D eigenvalue weighted by Gasteiger charge is 2.44. The van der Waals surface area contributed by atoms with Crippen LogP contribution in [0.1, 0.15) is 0 Å². The molecule has 1 aliphatic rings. The van der Waals surface area contributed by atoms with Crippen LogP contribution >= 0.6 is 12.2 Å². The van der Waals surface area contributed by atoms with Crippen LogP contribution in [0.25, 0.3) is 11.2 Å². The molecule has 0 radical (unpaired) electrons. The van der Waals surface area contributed by atoms with Crippen molar-refractivity contribution in [3.63, 3.8) is 0 Å². The topological polar surface area (TPSA) is 152 Å². The fourth-order valence-corrected chi connectivity index (χ4v) is 2.31. The number of aliphatic hydroxyl groups is 3. The van der Waals surface area contributed by atoms with Crippen LogP contribution in [0.3, 0.4) is 0 Å². The molecule has 0 saturated carbocycles. The minimum absolute atomic E-state index is 0.0824. The van der Waals surface area contributed by atoms with Crippen LogP contribution in [-0.4, -0.2) is 66.2 Å². The normalized spacial score (nSPS) is 29.1. The summed E-state index contributed by atoms with van der Waals surface area (Å²) in [5.41, 5.74) is 6.27. The van der Waals surface area contributed by atoms with Crippen LogP contribution in [0.5, 0.6) is 0 Å². The molecule has 0 unspecified atom stereocenters. The molecule has 3 heterocycles. The van der Waals surface area contributed by atoms with E-state index in [1.165, 1.54) is 11.1 Å². The second-order valence-corrected chi connectivity index (χ2v) is 4.89. The number of anilines is 1. The lowest BCUT2D eigenvalue weighted by molar-refractivity contribution is -0.169. The summed E-state index contributed by atoms with van der Waals surface area (Å²) in [5, 5.41) is 28.5. The summed E-state index contributed by atoms with van der Waals surface area (Å²) in [6, 6.07) is 0. The highest BCUT2D eigenvalue weighted by Crippen LogP contribution is 2.21. The molecule has 3 rings (SSSR count). The molecular formula is C10H13N5O5S. The van der Waals surface area contributed by atoms with Crippen LogP contribution in [0.15, 0.2) is 6.33 Å². The Kier molecular flexibility index (Phi) is 3.51. The molecule has 0 aromatic carbocycles. The lowest BCUT2D eigenvalue weighted by atomic mass is 10.1. The van der Waals surface area contributed by atoms with E-state index in [1.54, 1.807) is 0 Å². The van der Waals surface area contributed by atoms with Gasteiger partial charge in [-0.2, -0.15) is 4.73 Å². The SMILES string of the molecule is Nc1nc(=S)c2ncn(O[C@@H]3O[C@H](CO)[C@@H](O)[C@H]3O)c2[nH]1. The van der Waals surface area contributed by atoms with Crippen molar-refractivity contribution < 1.29 is 24.9 Å². The summed E-state index contributed by atoms with van der Waals surface area (Å²) in [4.78, 5) is 16.0. The average molecular weight is 315 g/mol. The third kappa shape index (κ3) is 2.34. The number of aromatic nitrogens is 4. The molecule has 6 N–H and O–H groups in total. The second-order valence-electron chi connectivity index (χ2n) is 4.51. The first-order valence-electron chi connectivity index (χ1n) is 6.03. The van der Waals surface area contributed by atoms with Gasteiger partial charge in [0.15, 0.2) is 10.3 Å². The molecule has 114 valence electrons. The fraction of sp³-hybridized carbons (Fsp3) is 0.500. The highest BCUT2D eigenvalue weighted by molar-refractivity contribution is 7.71. The number of imidazole rings is 1. The zero-order valence-corrected chi connectivity index (χ0v) is 11.4. The molecular weight excluding hydrogens is 302 g/mol. The largest absolute Gasteiger partial charge is 0.394 e. The van der Waals surface area contributed by atoms with Crippen LogP contribution in [-0.2, 0) is 4.74 Å². The lowest BCUT2D eigenvalue weighted by Gasteiger charge is -2.16. The van der Waals surface area contributed by atoms with Gasteiger partial charge in [0.25, 0.3) is 6.29 Å². The van der Waals surface area contributed by atoms with Gasteiger partial charge < -0.3 is 35.6 Å². The van der Waals surface area contributed by atoms with Gasteiger partial charge in [0.05, 0.1) is 6.61 Å². The summed E-state index contributed by atoms with van der Waals surface area (Å²) in [6.07, 6.45) is -3.37. The van der Waals surface area contributed by atoms with Gasteiger partial charge in [-0.1, -0.05) is 12.2 Å². The van der Waals surface area contributed by atoms with Crippen molar-refractivity contribution in [2.75, 3.05) is 12.3 Å². The molecule has 4 atom stereocenters. The molecule has 0 aliphatic carbocycles. The summed E-state index contributed by atoms with van der Waals surface area (Å²) >= 11 is 5.02. The maximum Gasteiger partial charge on any atom is 0.254 e. The van der Waals surface area contributed by atoms with Gasteiger partial charge in [-0.05, 0) is 0 Å². The Hall–Kier alpha value is -1.79. The van der Waals surface area contributed by atoms with E-state index in [4.69, 9.17) is 32.6 Å². The summed E-state index contributed by atoms with van der Waals surface area (Å²) in [6.45, 7) is -0.442. The molecule has 1 aliphatic heterocycles. The maximum absolute atomic E-state index is 9.83. The zero-order valence-electron chi connectivity index (χ0n) is 10.6. The number of nitrogen functional groups attached to an aromatic ring is 1. The second kappa shape index (κ2) is 5.20. The van der Waals surface area contributed by atoms with E-state index in [2.05, 4.69) is 15.0 Å². The first kappa shape index (κ1) is 14.2. The molecule has 0 spiro atoms. The average Bonchev–Trinajstić information content (AvgIpc) is 2.96. The Bertz CT molecular complexity index is 717. The van der Waals surface area contributed by atoms with Crippen molar-refractivity contribution in [3.8, 4) is 0 Å². The van der Waals surface area contributed by atoms with E-state index in [0.717, 1.165) is 0 Å². The van der Waals surface area contributed by atoms with E-state index < -0.39 is 31.2 Å². The molecule has 11 heteroatoms. The van der Waals surface area contributed by atoms with Crippen LogP contribution in [0, 0.1) is 4.64 Å². The van der Waals surface area contributed by atoms with Gasteiger partial charge in [0.2, 0.25) is 5.95 Å². The Balaban J connectivity index is 1.91. The standard InChI is InChI=1S/C10H13N5O5S/c11-10-13-7-4(8(21)14-10)12-2-15(7)20-9-6(18)5(17)3(1-16)19-9/h2-3,5-6,9,16-18H,1H2,(H3,11,13,14,21)/t3-,5-,6-,9+/m1/s1. The number of fused-ring (bicyclic) bond motifs is 1. The number of hydrogen-bond donors (Lipinski definition) is 5. The van der Waals surface area contributed by atoms with E-state index in [9.17, 15) is 10.2 Å². The maximum atomic E-state index is 9.83. The van der Waals surface area contributed by atoms with Crippen molar-refractivity contribution in [1.29, 1.82) is 0 Å². The van der Waals surface area contributed by atoms with Crippen LogP contribution in [0.4, 0.5) is 5.95 Å². The van der Waals surface area contributed by atoms with E-state index in [-0.39, 0.29) is 10.6 Å². The van der Waals surface area contributed by atoms with Gasteiger partial charge in [-0.25, -0.2) is 9.97 Å². The number of aromatic amines is 1. The Labute approximate surface area is 122 Å².